The van der Waals surface area contributed by atoms with E-state index in [1.165, 1.54) is 24.1 Å². The highest BCUT2D eigenvalue weighted by atomic mass is 32.2. The second kappa shape index (κ2) is 10.1. The van der Waals surface area contributed by atoms with Crippen molar-refractivity contribution in [2.75, 3.05) is 49.1 Å². The maximum absolute atomic E-state index is 15.1. The van der Waals surface area contributed by atoms with Crippen molar-refractivity contribution in [3.8, 4) is 0 Å². The van der Waals surface area contributed by atoms with Crippen LogP contribution in [0.25, 0.3) is 0 Å². The number of halogens is 2. The number of carbonyl (C=O) groups is 2. The second-order valence-electron chi connectivity index (χ2n) is 7.95. The standard InChI is InChI=1S/C21H24F2N6O5S/c1-14(30)25-12-16-13-28(21(31)34-16)15-10-17(22)20(18(23)11-15)27-7-6-26-29(9-8-27)35(32,33)19-4-2-3-5-24-19/h2-5,10-11,16,26H,6-9,12-13H2,1H3,(H,25,30). The molecule has 11 nitrogen and oxygen atoms in total. The lowest BCUT2D eigenvalue weighted by Crippen LogP contribution is -2.43. The largest absolute Gasteiger partial charge is 0.442 e. The summed E-state index contributed by atoms with van der Waals surface area (Å²) in [6.45, 7) is 1.59. The van der Waals surface area contributed by atoms with E-state index in [2.05, 4.69) is 15.7 Å². The first kappa shape index (κ1) is 24.8. The van der Waals surface area contributed by atoms with Crippen LogP contribution < -0.4 is 20.5 Å². The van der Waals surface area contributed by atoms with Gasteiger partial charge in [-0.25, -0.2) is 32.4 Å². The third-order valence-corrected chi connectivity index (χ3v) is 7.18. The van der Waals surface area contributed by atoms with E-state index in [1.54, 1.807) is 12.1 Å². The topological polar surface area (TPSA) is 124 Å². The minimum atomic E-state index is -3.94. The third-order valence-electron chi connectivity index (χ3n) is 5.52. The molecule has 2 aliphatic heterocycles. The summed E-state index contributed by atoms with van der Waals surface area (Å²) in [5.74, 6) is -2.10. The average Bonchev–Trinajstić information content (AvgIpc) is 3.02. The number of anilines is 2. The number of cyclic esters (lactones) is 1. The Hall–Kier alpha value is -3.36. The molecule has 3 heterocycles. The smallest absolute Gasteiger partial charge is 0.414 e. The molecule has 0 radical (unpaired) electrons. The summed E-state index contributed by atoms with van der Waals surface area (Å²) >= 11 is 0. The number of hydrogen-bond acceptors (Lipinski definition) is 8. The van der Waals surface area contributed by atoms with Crippen LogP contribution in [0.4, 0.5) is 25.0 Å². The van der Waals surface area contributed by atoms with E-state index in [1.807, 2.05) is 0 Å². The number of benzene rings is 1. The molecule has 2 aliphatic rings. The number of nitrogens with zero attached hydrogens (tertiary/aromatic N) is 4. The van der Waals surface area contributed by atoms with Gasteiger partial charge in [-0.1, -0.05) is 6.07 Å². The van der Waals surface area contributed by atoms with Crippen molar-refractivity contribution in [3.63, 3.8) is 0 Å². The molecule has 188 valence electrons. The van der Waals surface area contributed by atoms with Gasteiger partial charge < -0.3 is 15.0 Å². The summed E-state index contributed by atoms with van der Waals surface area (Å²) in [6, 6.07) is 6.57. The SMILES string of the molecule is CC(=O)NCC1CN(c2cc(F)c(N3CCNN(S(=O)(=O)c4ccccn4)CC3)c(F)c2)C(=O)O1. The number of hydrazine groups is 1. The monoisotopic (exact) mass is 510 g/mol. The first-order chi connectivity index (χ1) is 16.7. The van der Waals surface area contributed by atoms with Gasteiger partial charge in [-0.3, -0.25) is 9.69 Å². The molecular formula is C21H24F2N6O5S. The van der Waals surface area contributed by atoms with Crippen LogP contribution in [0.15, 0.2) is 41.6 Å². The highest BCUT2D eigenvalue weighted by Crippen LogP contribution is 2.31. The molecule has 2 fully saturated rings. The summed E-state index contributed by atoms with van der Waals surface area (Å²) in [5, 5.41) is 2.39. The normalized spacial score (nSPS) is 19.4. The molecule has 1 aromatic carbocycles. The number of sulfonamides is 1. The van der Waals surface area contributed by atoms with E-state index >= 15 is 8.78 Å². The fourth-order valence-electron chi connectivity index (χ4n) is 3.86. The molecular weight excluding hydrogens is 486 g/mol. The summed E-state index contributed by atoms with van der Waals surface area (Å²) < 4.78 is 61.9. The lowest BCUT2D eigenvalue weighted by Gasteiger charge is -2.25. The quantitative estimate of drug-likeness (QED) is 0.586. The number of hydrogen-bond donors (Lipinski definition) is 2. The second-order valence-corrected chi connectivity index (χ2v) is 9.76. The van der Waals surface area contributed by atoms with Crippen molar-refractivity contribution in [3.05, 3.63) is 48.2 Å². The molecule has 4 rings (SSSR count). The van der Waals surface area contributed by atoms with Crippen LogP contribution in [-0.2, 0) is 19.6 Å². The molecule has 1 aromatic heterocycles. The van der Waals surface area contributed by atoms with Gasteiger partial charge in [0.25, 0.3) is 10.0 Å². The van der Waals surface area contributed by atoms with Gasteiger partial charge in [-0.2, -0.15) is 0 Å². The van der Waals surface area contributed by atoms with E-state index in [-0.39, 0.29) is 61.6 Å². The van der Waals surface area contributed by atoms with Crippen LogP contribution >= 0.6 is 0 Å². The van der Waals surface area contributed by atoms with Crippen LogP contribution in [0.2, 0.25) is 0 Å². The predicted octanol–water partition coefficient (Wildman–Crippen LogP) is 0.837. The van der Waals surface area contributed by atoms with Gasteiger partial charge in [-0.05, 0) is 12.1 Å². The maximum atomic E-state index is 15.1. The number of nitrogens with one attached hydrogen (secondary N) is 2. The molecule has 2 saturated heterocycles. The van der Waals surface area contributed by atoms with Crippen molar-refractivity contribution >= 4 is 33.4 Å². The van der Waals surface area contributed by atoms with Crippen LogP contribution in [0.1, 0.15) is 6.92 Å². The molecule has 2 N–H and O–H groups in total. The Morgan fingerprint density at radius 3 is 2.63 bits per heavy atom. The van der Waals surface area contributed by atoms with Crippen LogP contribution in [0, 0.1) is 11.6 Å². The van der Waals surface area contributed by atoms with Gasteiger partial charge in [0, 0.05) is 51.4 Å². The van der Waals surface area contributed by atoms with Crippen molar-refractivity contribution in [1.82, 2.24) is 20.1 Å². The zero-order valence-electron chi connectivity index (χ0n) is 18.8. The zero-order chi connectivity index (χ0) is 25.2. The lowest BCUT2D eigenvalue weighted by molar-refractivity contribution is -0.119. The Morgan fingerprint density at radius 2 is 1.97 bits per heavy atom. The number of amides is 2. The van der Waals surface area contributed by atoms with Gasteiger partial charge in [-0.15, -0.1) is 4.41 Å². The summed E-state index contributed by atoms with van der Waals surface area (Å²) in [4.78, 5) is 29.6. The average molecular weight is 511 g/mol. The first-order valence-electron chi connectivity index (χ1n) is 10.8. The molecule has 0 bridgehead atoms. The number of ether oxygens (including phenoxy) is 1. The fourth-order valence-corrected chi connectivity index (χ4v) is 5.11. The van der Waals surface area contributed by atoms with Crippen LogP contribution in [0.3, 0.4) is 0 Å². The summed E-state index contributed by atoms with van der Waals surface area (Å²) in [7, 11) is -3.94. The highest BCUT2D eigenvalue weighted by molar-refractivity contribution is 7.89. The predicted molar refractivity (Wildman–Crippen MR) is 121 cm³/mol. The Kier molecular flexibility index (Phi) is 7.14. The molecule has 2 amide bonds. The molecule has 2 aromatic rings. The van der Waals surface area contributed by atoms with E-state index in [0.717, 1.165) is 21.4 Å². The van der Waals surface area contributed by atoms with Gasteiger partial charge in [0.1, 0.15) is 11.8 Å². The van der Waals surface area contributed by atoms with E-state index in [9.17, 15) is 18.0 Å². The first-order valence-corrected chi connectivity index (χ1v) is 12.2. The van der Waals surface area contributed by atoms with Crippen LogP contribution in [0.5, 0.6) is 0 Å². The van der Waals surface area contributed by atoms with Gasteiger partial charge >= 0.3 is 6.09 Å². The molecule has 1 unspecified atom stereocenters. The number of carbonyl (C=O) groups excluding carboxylic acids is 2. The van der Waals surface area contributed by atoms with Crippen molar-refractivity contribution in [2.45, 2.75) is 18.1 Å². The number of rotatable bonds is 6. The maximum Gasteiger partial charge on any atom is 0.414 e. The zero-order valence-corrected chi connectivity index (χ0v) is 19.6. The minimum Gasteiger partial charge on any atom is -0.442 e. The number of pyridine rings is 1. The molecule has 0 aliphatic carbocycles. The van der Waals surface area contributed by atoms with E-state index in [4.69, 9.17) is 4.74 Å². The van der Waals surface area contributed by atoms with Gasteiger partial charge in [0.05, 0.1) is 18.8 Å². The summed E-state index contributed by atoms with van der Waals surface area (Å²) in [6.07, 6.45) is -0.0659. The fraction of sp³-hybridized carbons (Fsp3) is 0.381. The number of aromatic nitrogens is 1. The third kappa shape index (κ3) is 5.33. The molecule has 0 saturated carbocycles. The Bertz CT molecular complexity index is 1190. The van der Waals surface area contributed by atoms with Crippen LogP contribution in [-0.4, -0.2) is 75.2 Å². The highest BCUT2D eigenvalue weighted by Gasteiger charge is 2.34. The Labute approximate surface area is 200 Å². The molecule has 0 spiro atoms. The molecule has 35 heavy (non-hydrogen) atoms. The minimum absolute atomic E-state index is 0.0107. The van der Waals surface area contributed by atoms with Crippen molar-refractivity contribution < 1.29 is 31.5 Å². The Balaban J connectivity index is 1.48. The van der Waals surface area contributed by atoms with E-state index in [0.29, 0.717) is 0 Å². The van der Waals surface area contributed by atoms with Gasteiger partial charge in [0.2, 0.25) is 5.91 Å². The summed E-state index contributed by atoms with van der Waals surface area (Å²) in [5.41, 5.74) is 2.42. The van der Waals surface area contributed by atoms with Crippen molar-refractivity contribution in [1.29, 1.82) is 0 Å². The van der Waals surface area contributed by atoms with Gasteiger partial charge in [0.15, 0.2) is 16.7 Å². The Morgan fingerprint density at radius 1 is 1.23 bits per heavy atom. The molecule has 1 atom stereocenters. The lowest BCUT2D eigenvalue weighted by atomic mass is 10.2. The molecule has 14 heteroatoms. The van der Waals surface area contributed by atoms with E-state index < -0.39 is 33.9 Å². The van der Waals surface area contributed by atoms with Crippen molar-refractivity contribution in [2.24, 2.45) is 0 Å².